The fourth-order valence-electron chi connectivity index (χ4n) is 3.50. The Morgan fingerprint density at radius 1 is 1.26 bits per heavy atom. The molecule has 11 heteroatoms. The molecule has 4 rings (SSSR count). The highest BCUT2D eigenvalue weighted by Gasteiger charge is 2.39. The number of hydrogen-bond acceptors (Lipinski definition) is 8. The molecule has 2 aromatic carbocycles. The number of benzene rings is 2. The Balaban J connectivity index is 1.53. The largest absolute Gasteiger partial charge is 0.494 e. The van der Waals surface area contributed by atoms with Crippen molar-refractivity contribution < 1.29 is 23.7 Å². The van der Waals surface area contributed by atoms with Crippen LogP contribution in [0.25, 0.3) is 0 Å². The van der Waals surface area contributed by atoms with Gasteiger partial charge in [-0.25, -0.2) is 4.99 Å². The molecule has 0 radical (unpaired) electrons. The van der Waals surface area contributed by atoms with Crippen LogP contribution in [0.15, 0.2) is 70.3 Å². The van der Waals surface area contributed by atoms with Gasteiger partial charge in [-0.3, -0.25) is 24.6 Å². The van der Waals surface area contributed by atoms with Gasteiger partial charge in [-0.15, -0.1) is 0 Å². The van der Waals surface area contributed by atoms with E-state index in [1.807, 2.05) is 31.2 Å². The predicted molar refractivity (Wildman–Crippen MR) is 132 cm³/mol. The molecular weight excluding hydrogens is 472 g/mol. The zero-order chi connectivity index (χ0) is 24.9. The number of amides is 2. The van der Waals surface area contributed by atoms with Crippen molar-refractivity contribution in [2.45, 2.75) is 25.1 Å². The Kier molecular flexibility index (Phi) is 7.16. The quantitative estimate of drug-likeness (QED) is 0.356. The fourth-order valence-corrected chi connectivity index (χ4v) is 4.66. The number of methoxy groups -OCH3 is 1. The number of thioether (sulfide) groups is 1. The molecule has 1 N–H and O–H groups in total. The molecule has 0 aliphatic carbocycles. The number of nitro benzene ring substituents is 1. The number of rotatable bonds is 8. The van der Waals surface area contributed by atoms with Gasteiger partial charge in [0.05, 0.1) is 42.3 Å². The summed E-state index contributed by atoms with van der Waals surface area (Å²) in [5.41, 5.74) is 1.85. The lowest BCUT2D eigenvalue weighted by Crippen LogP contribution is -2.33. The van der Waals surface area contributed by atoms with Gasteiger partial charge in [0.25, 0.3) is 5.69 Å². The molecule has 1 aliphatic heterocycles. The second kappa shape index (κ2) is 10.4. The minimum absolute atomic E-state index is 0.120. The Labute approximate surface area is 205 Å². The molecule has 0 saturated carbocycles. The summed E-state index contributed by atoms with van der Waals surface area (Å²) in [6.45, 7) is 2.15. The van der Waals surface area contributed by atoms with Gasteiger partial charge >= 0.3 is 0 Å². The lowest BCUT2D eigenvalue weighted by atomic mass is 10.2. The van der Waals surface area contributed by atoms with Crippen LogP contribution in [0, 0.1) is 17.0 Å². The van der Waals surface area contributed by atoms with Crippen LogP contribution in [0.2, 0.25) is 0 Å². The third kappa shape index (κ3) is 5.69. The number of nitro groups is 1. The van der Waals surface area contributed by atoms with Crippen molar-refractivity contribution in [1.82, 2.24) is 4.90 Å². The first-order valence-corrected chi connectivity index (χ1v) is 11.5. The number of amidine groups is 1. The summed E-state index contributed by atoms with van der Waals surface area (Å²) >= 11 is 1.21. The summed E-state index contributed by atoms with van der Waals surface area (Å²) in [4.78, 5) is 42.6. The van der Waals surface area contributed by atoms with Crippen LogP contribution in [0.5, 0.6) is 5.75 Å². The topological polar surface area (TPSA) is 127 Å². The van der Waals surface area contributed by atoms with Crippen molar-refractivity contribution >= 4 is 45.8 Å². The van der Waals surface area contributed by atoms with Crippen LogP contribution in [-0.4, -0.2) is 39.2 Å². The molecule has 0 spiro atoms. The van der Waals surface area contributed by atoms with Crippen LogP contribution < -0.4 is 10.1 Å². The Bertz CT molecular complexity index is 1290. The average molecular weight is 495 g/mol. The Morgan fingerprint density at radius 3 is 2.77 bits per heavy atom. The second-order valence-electron chi connectivity index (χ2n) is 7.74. The lowest BCUT2D eigenvalue weighted by molar-refractivity contribution is -0.384. The smallest absolute Gasteiger partial charge is 0.273 e. The molecule has 0 bridgehead atoms. The number of nitrogens with zero attached hydrogens (tertiary/aromatic N) is 3. The van der Waals surface area contributed by atoms with Crippen molar-refractivity contribution in [3.63, 3.8) is 0 Å². The third-order valence-corrected chi connectivity index (χ3v) is 6.36. The number of anilines is 1. The van der Waals surface area contributed by atoms with Gasteiger partial charge in [0.1, 0.15) is 16.8 Å². The molecule has 1 atom stereocenters. The Morgan fingerprint density at radius 2 is 2.09 bits per heavy atom. The number of carbonyl (C=O) groups excluding carboxylic acids is 2. The van der Waals surface area contributed by atoms with Gasteiger partial charge in [-0.2, -0.15) is 0 Å². The van der Waals surface area contributed by atoms with E-state index >= 15 is 0 Å². The number of hydrogen-bond donors (Lipinski definition) is 1. The van der Waals surface area contributed by atoms with Gasteiger partial charge in [0.15, 0.2) is 5.17 Å². The van der Waals surface area contributed by atoms with E-state index in [4.69, 9.17) is 9.15 Å². The van der Waals surface area contributed by atoms with E-state index in [-0.39, 0.29) is 36.0 Å². The van der Waals surface area contributed by atoms with Crippen molar-refractivity contribution in [2.75, 3.05) is 12.4 Å². The second-order valence-corrected chi connectivity index (χ2v) is 8.91. The van der Waals surface area contributed by atoms with Crippen molar-refractivity contribution in [3.8, 4) is 5.75 Å². The number of non-ortho nitro benzene ring substituents is 1. The number of nitrogens with one attached hydrogen (secondary N) is 1. The molecule has 10 nitrogen and oxygen atoms in total. The van der Waals surface area contributed by atoms with E-state index in [1.165, 1.54) is 48.2 Å². The SMILES string of the molecule is COc1cc([N+](=O)[O-])ccc1NC(=O)CC1SC(=Nc2cccc(C)c2)N(Cc2ccco2)C1=O. The number of ether oxygens (including phenoxy) is 1. The lowest BCUT2D eigenvalue weighted by Gasteiger charge is -2.15. The average Bonchev–Trinajstić information content (AvgIpc) is 3.43. The normalized spacial score (nSPS) is 16.5. The van der Waals surface area contributed by atoms with Crippen molar-refractivity contribution in [3.05, 3.63) is 82.3 Å². The summed E-state index contributed by atoms with van der Waals surface area (Å²) < 4.78 is 10.6. The van der Waals surface area contributed by atoms with Crippen LogP contribution in [0.4, 0.5) is 17.1 Å². The third-order valence-electron chi connectivity index (χ3n) is 5.18. The highest BCUT2D eigenvalue weighted by atomic mass is 32.2. The minimum atomic E-state index is -0.697. The monoisotopic (exact) mass is 494 g/mol. The van der Waals surface area contributed by atoms with Gasteiger partial charge in [0.2, 0.25) is 11.8 Å². The van der Waals surface area contributed by atoms with Crippen molar-refractivity contribution in [1.29, 1.82) is 0 Å². The molecule has 35 heavy (non-hydrogen) atoms. The number of aryl methyl sites for hydroxylation is 1. The highest BCUT2D eigenvalue weighted by Crippen LogP contribution is 2.34. The van der Waals surface area contributed by atoms with Gasteiger partial charge in [-0.05, 0) is 42.8 Å². The molecule has 3 aromatic rings. The summed E-state index contributed by atoms with van der Waals surface area (Å²) in [5, 5.41) is 13.4. The van der Waals surface area contributed by atoms with E-state index in [2.05, 4.69) is 10.3 Å². The van der Waals surface area contributed by atoms with Crippen LogP contribution >= 0.6 is 11.8 Å². The van der Waals surface area contributed by atoms with Crippen LogP contribution in [0.3, 0.4) is 0 Å². The van der Waals surface area contributed by atoms with Gasteiger partial charge in [0, 0.05) is 12.5 Å². The van der Waals surface area contributed by atoms with Crippen molar-refractivity contribution in [2.24, 2.45) is 4.99 Å². The summed E-state index contributed by atoms with van der Waals surface area (Å²) in [5.74, 6) is 0.0529. The maximum atomic E-state index is 13.2. The molecule has 180 valence electrons. The molecule has 1 saturated heterocycles. The van der Waals surface area contributed by atoms with Crippen LogP contribution in [-0.2, 0) is 16.1 Å². The molecule has 2 heterocycles. The van der Waals surface area contributed by atoms with Gasteiger partial charge in [-0.1, -0.05) is 23.9 Å². The highest BCUT2D eigenvalue weighted by molar-refractivity contribution is 8.15. The van der Waals surface area contributed by atoms with E-state index in [0.29, 0.717) is 16.6 Å². The first-order chi connectivity index (χ1) is 16.8. The minimum Gasteiger partial charge on any atom is -0.494 e. The molecule has 1 aromatic heterocycles. The summed E-state index contributed by atoms with van der Waals surface area (Å²) in [6, 6.07) is 15.0. The first kappa shape index (κ1) is 24.0. The number of furan rings is 1. The standard InChI is InChI=1S/C24H22N4O6S/c1-15-5-3-6-16(11-15)25-24-27(14-18-7-4-10-34-18)23(30)21(35-24)13-22(29)26-19-9-8-17(28(31)32)12-20(19)33-2/h3-12,21H,13-14H2,1-2H3,(H,26,29). The maximum Gasteiger partial charge on any atom is 0.273 e. The number of carbonyl (C=O) groups is 2. The Hall–Kier alpha value is -4.12. The number of aliphatic imine (C=N–C) groups is 1. The summed E-state index contributed by atoms with van der Waals surface area (Å²) in [6.07, 6.45) is 1.41. The van der Waals surface area contributed by atoms with E-state index in [9.17, 15) is 19.7 Å². The maximum absolute atomic E-state index is 13.2. The molecular formula is C24H22N4O6S. The zero-order valence-corrected chi connectivity index (χ0v) is 19.8. The predicted octanol–water partition coefficient (Wildman–Crippen LogP) is 4.67. The fraction of sp³-hybridized carbons (Fsp3) is 0.208. The molecule has 1 unspecified atom stereocenters. The van der Waals surface area contributed by atoms with E-state index < -0.39 is 16.1 Å². The van der Waals surface area contributed by atoms with E-state index in [1.54, 1.807) is 12.1 Å². The molecule has 1 fully saturated rings. The molecule has 2 amide bonds. The first-order valence-electron chi connectivity index (χ1n) is 10.6. The van der Waals surface area contributed by atoms with Gasteiger partial charge < -0.3 is 14.5 Å². The molecule has 1 aliphatic rings. The van der Waals surface area contributed by atoms with E-state index in [0.717, 1.165) is 5.56 Å². The zero-order valence-electron chi connectivity index (χ0n) is 19.0. The van der Waals surface area contributed by atoms with Crippen LogP contribution in [0.1, 0.15) is 17.7 Å². The summed E-state index contributed by atoms with van der Waals surface area (Å²) in [7, 11) is 1.35.